The third-order valence-electron chi connectivity index (χ3n) is 4.90. The molecule has 6 atom stereocenters. The highest BCUT2D eigenvalue weighted by atomic mass is 16.4. The minimum absolute atomic E-state index is 0.00327. The maximum absolute atomic E-state index is 12.3. The van der Waals surface area contributed by atoms with Crippen molar-refractivity contribution in [3.8, 4) is 0 Å². The van der Waals surface area contributed by atoms with Gasteiger partial charge < -0.3 is 15.3 Å². The summed E-state index contributed by atoms with van der Waals surface area (Å²) in [6.07, 6.45) is 5.53. The van der Waals surface area contributed by atoms with Crippen molar-refractivity contribution in [2.45, 2.75) is 66.1 Å². The van der Waals surface area contributed by atoms with Crippen LogP contribution in [0.15, 0.2) is 24.3 Å². The van der Waals surface area contributed by atoms with Crippen LogP contribution in [0.2, 0.25) is 0 Å². The Morgan fingerprint density at radius 1 is 0.926 bits per heavy atom. The van der Waals surface area contributed by atoms with E-state index in [-0.39, 0.29) is 23.4 Å². The standard InChI is InChI=1S/C21H34O6/c1-6-17(22)13(2)9-7-8-10-18(23)14(3)11-15(4)21(27)16(5)19(24)12-20(25)26/h7-10,13-17,19,22,24H,6,11-12H2,1-5H3,(H,25,26). The summed E-state index contributed by atoms with van der Waals surface area (Å²) in [4.78, 5) is 35.2. The van der Waals surface area contributed by atoms with Gasteiger partial charge in [-0.2, -0.15) is 0 Å². The van der Waals surface area contributed by atoms with Gasteiger partial charge in [0.2, 0.25) is 0 Å². The molecule has 27 heavy (non-hydrogen) atoms. The van der Waals surface area contributed by atoms with Gasteiger partial charge in [0, 0.05) is 23.7 Å². The number of carbonyl (C=O) groups excluding carboxylic acids is 2. The molecule has 0 aromatic carbocycles. The second-order valence-corrected chi connectivity index (χ2v) is 7.38. The zero-order valence-corrected chi connectivity index (χ0v) is 17.0. The van der Waals surface area contributed by atoms with Gasteiger partial charge in [-0.05, 0) is 18.9 Å². The van der Waals surface area contributed by atoms with Crippen LogP contribution in [0.25, 0.3) is 0 Å². The molecule has 0 bridgehead atoms. The molecule has 0 aliphatic rings. The minimum Gasteiger partial charge on any atom is -0.481 e. The Hall–Kier alpha value is -1.79. The summed E-state index contributed by atoms with van der Waals surface area (Å²) in [6, 6.07) is 0. The average Bonchev–Trinajstić information content (AvgIpc) is 2.61. The third-order valence-corrected chi connectivity index (χ3v) is 4.90. The van der Waals surface area contributed by atoms with E-state index in [4.69, 9.17) is 5.11 Å². The molecule has 0 aromatic heterocycles. The first-order valence-corrected chi connectivity index (χ1v) is 9.51. The topological polar surface area (TPSA) is 112 Å². The first-order valence-electron chi connectivity index (χ1n) is 9.51. The lowest BCUT2D eigenvalue weighted by Crippen LogP contribution is -2.32. The molecule has 0 heterocycles. The molecule has 0 aliphatic carbocycles. The molecule has 0 rings (SSSR count). The third kappa shape index (κ3) is 9.63. The predicted octanol–water partition coefficient (Wildman–Crippen LogP) is 2.78. The Bertz CT molecular complexity index is 551. The van der Waals surface area contributed by atoms with Gasteiger partial charge in [-0.3, -0.25) is 14.4 Å². The molecular formula is C21H34O6. The summed E-state index contributed by atoms with van der Waals surface area (Å²) in [5, 5.41) is 28.2. The van der Waals surface area contributed by atoms with Gasteiger partial charge in [-0.15, -0.1) is 0 Å². The molecule has 0 spiro atoms. The number of Topliss-reactive ketones (excluding diaryl/α,β-unsaturated/α-hetero) is 1. The highest BCUT2D eigenvalue weighted by molar-refractivity contribution is 5.92. The number of hydrogen-bond acceptors (Lipinski definition) is 5. The fourth-order valence-electron chi connectivity index (χ4n) is 2.81. The molecule has 6 nitrogen and oxygen atoms in total. The lowest BCUT2D eigenvalue weighted by atomic mass is 9.84. The fourth-order valence-corrected chi connectivity index (χ4v) is 2.81. The maximum Gasteiger partial charge on any atom is 0.305 e. The van der Waals surface area contributed by atoms with E-state index in [0.717, 1.165) is 0 Å². The number of aliphatic carboxylic acids is 1. The summed E-state index contributed by atoms with van der Waals surface area (Å²) in [6.45, 7) is 8.74. The lowest BCUT2D eigenvalue weighted by Gasteiger charge is -2.21. The van der Waals surface area contributed by atoms with Crippen LogP contribution in [0.4, 0.5) is 0 Å². The predicted molar refractivity (Wildman–Crippen MR) is 104 cm³/mol. The SMILES string of the molecule is CCC(O)C(C)C=CC=CC(=O)C(C)CC(C)C(=O)C(C)C(O)CC(=O)O. The van der Waals surface area contributed by atoms with Crippen LogP contribution in [-0.2, 0) is 14.4 Å². The van der Waals surface area contributed by atoms with Crippen LogP contribution in [-0.4, -0.2) is 45.1 Å². The van der Waals surface area contributed by atoms with Crippen molar-refractivity contribution in [2.24, 2.45) is 23.7 Å². The summed E-state index contributed by atoms with van der Waals surface area (Å²) >= 11 is 0. The number of carbonyl (C=O) groups is 3. The second-order valence-electron chi connectivity index (χ2n) is 7.38. The largest absolute Gasteiger partial charge is 0.481 e. The van der Waals surface area contributed by atoms with E-state index in [9.17, 15) is 24.6 Å². The van der Waals surface area contributed by atoms with Gasteiger partial charge >= 0.3 is 5.97 Å². The van der Waals surface area contributed by atoms with E-state index < -0.39 is 36.4 Å². The fraction of sp³-hybridized carbons (Fsp3) is 0.667. The quantitative estimate of drug-likeness (QED) is 0.334. The molecule has 0 amide bonds. The normalized spacial score (nSPS) is 18.8. The number of rotatable bonds is 13. The Morgan fingerprint density at radius 3 is 2.04 bits per heavy atom. The number of hydrogen-bond donors (Lipinski definition) is 3. The van der Waals surface area contributed by atoms with E-state index in [1.807, 2.05) is 19.9 Å². The zero-order valence-electron chi connectivity index (χ0n) is 17.0. The second kappa shape index (κ2) is 12.6. The molecule has 6 unspecified atom stereocenters. The summed E-state index contributed by atoms with van der Waals surface area (Å²) in [5.41, 5.74) is 0. The van der Waals surface area contributed by atoms with Crippen LogP contribution in [0.5, 0.6) is 0 Å². The zero-order chi connectivity index (χ0) is 21.1. The Balaban J connectivity index is 4.60. The molecule has 0 aliphatic heterocycles. The maximum atomic E-state index is 12.3. The molecular weight excluding hydrogens is 348 g/mol. The van der Waals surface area contributed by atoms with Crippen LogP contribution in [0.3, 0.4) is 0 Å². The molecule has 0 aromatic rings. The first kappa shape index (κ1) is 25.2. The molecule has 0 saturated heterocycles. The van der Waals surface area contributed by atoms with Gasteiger partial charge in [0.1, 0.15) is 5.78 Å². The van der Waals surface area contributed by atoms with E-state index in [1.165, 1.54) is 13.0 Å². The molecule has 6 heteroatoms. The Labute approximate surface area is 162 Å². The Morgan fingerprint density at radius 2 is 1.52 bits per heavy atom. The van der Waals surface area contributed by atoms with Gasteiger partial charge in [-0.1, -0.05) is 52.8 Å². The summed E-state index contributed by atoms with van der Waals surface area (Å²) < 4.78 is 0. The van der Waals surface area contributed by atoms with Crippen LogP contribution in [0.1, 0.15) is 53.9 Å². The number of carboxylic acids is 1. The monoisotopic (exact) mass is 382 g/mol. The highest BCUT2D eigenvalue weighted by Crippen LogP contribution is 2.20. The van der Waals surface area contributed by atoms with Crippen LogP contribution in [0, 0.1) is 23.7 Å². The molecule has 3 N–H and O–H groups in total. The number of ketones is 2. The summed E-state index contributed by atoms with van der Waals surface area (Å²) in [7, 11) is 0. The van der Waals surface area contributed by atoms with Crippen molar-refractivity contribution >= 4 is 17.5 Å². The minimum atomic E-state index is -1.23. The highest BCUT2D eigenvalue weighted by Gasteiger charge is 2.29. The number of carboxylic acid groups (broad SMARTS) is 1. The number of aliphatic hydroxyl groups excluding tert-OH is 2. The van der Waals surface area contributed by atoms with Gasteiger partial charge in [-0.25, -0.2) is 0 Å². The van der Waals surface area contributed by atoms with Crippen molar-refractivity contribution < 1.29 is 29.7 Å². The van der Waals surface area contributed by atoms with Crippen molar-refractivity contribution in [1.29, 1.82) is 0 Å². The van der Waals surface area contributed by atoms with E-state index in [2.05, 4.69) is 0 Å². The van der Waals surface area contributed by atoms with Gasteiger partial charge in [0.25, 0.3) is 0 Å². The van der Waals surface area contributed by atoms with Crippen LogP contribution >= 0.6 is 0 Å². The molecule has 0 saturated carbocycles. The number of aliphatic hydroxyl groups is 2. The van der Waals surface area contributed by atoms with Crippen molar-refractivity contribution in [1.82, 2.24) is 0 Å². The molecule has 0 fully saturated rings. The van der Waals surface area contributed by atoms with Crippen LogP contribution < -0.4 is 0 Å². The number of allylic oxidation sites excluding steroid dienone is 3. The molecule has 0 radical (unpaired) electrons. The van der Waals surface area contributed by atoms with Crippen molar-refractivity contribution in [3.63, 3.8) is 0 Å². The molecule has 154 valence electrons. The first-order chi connectivity index (χ1) is 12.5. The Kier molecular flexibility index (Phi) is 11.7. The smallest absolute Gasteiger partial charge is 0.305 e. The van der Waals surface area contributed by atoms with Gasteiger partial charge in [0.05, 0.1) is 18.6 Å². The average molecular weight is 382 g/mol. The van der Waals surface area contributed by atoms with Crippen molar-refractivity contribution in [2.75, 3.05) is 0 Å². The van der Waals surface area contributed by atoms with Gasteiger partial charge in [0.15, 0.2) is 5.78 Å². The lowest BCUT2D eigenvalue weighted by molar-refractivity contribution is -0.141. The van der Waals surface area contributed by atoms with E-state index >= 15 is 0 Å². The summed E-state index contributed by atoms with van der Waals surface area (Å²) in [5.74, 6) is -3.11. The van der Waals surface area contributed by atoms with E-state index in [1.54, 1.807) is 26.0 Å². The van der Waals surface area contributed by atoms with Crippen molar-refractivity contribution in [3.05, 3.63) is 24.3 Å². The van der Waals surface area contributed by atoms with E-state index in [0.29, 0.717) is 12.8 Å².